The predicted molar refractivity (Wildman–Crippen MR) is 178 cm³/mol. The second-order valence-electron chi connectivity index (χ2n) is 10.7. The second kappa shape index (κ2) is 15.1. The Bertz CT molecular complexity index is 1730. The molecule has 1 N–H and O–H groups in total. The number of likely N-dealkylation sites (N-methyl/N-ethyl adjacent to an activating group) is 1. The first-order valence-corrected chi connectivity index (χ1v) is 16.5. The molecule has 4 aromatic rings. The maximum absolute atomic E-state index is 14.6. The van der Waals surface area contributed by atoms with Crippen LogP contribution in [-0.2, 0) is 32.6 Å². The number of ether oxygens (including phenoxy) is 1. The van der Waals surface area contributed by atoms with Gasteiger partial charge in [-0.15, -0.1) is 0 Å². The van der Waals surface area contributed by atoms with Gasteiger partial charge < -0.3 is 15.0 Å². The van der Waals surface area contributed by atoms with Gasteiger partial charge in [0.1, 0.15) is 18.3 Å². The molecule has 0 aliphatic carbocycles. The van der Waals surface area contributed by atoms with Crippen LogP contribution in [0.2, 0.25) is 5.02 Å². The van der Waals surface area contributed by atoms with E-state index < -0.39 is 28.5 Å². The van der Waals surface area contributed by atoms with E-state index in [1.165, 1.54) is 30.2 Å². The van der Waals surface area contributed by atoms with Crippen LogP contribution in [0.15, 0.2) is 102 Å². The van der Waals surface area contributed by atoms with E-state index in [1.54, 1.807) is 24.3 Å². The van der Waals surface area contributed by atoms with E-state index in [1.807, 2.05) is 75.4 Å². The molecule has 0 aliphatic heterocycles. The average molecular weight is 648 g/mol. The number of anilines is 1. The molecular weight excluding hydrogens is 610 g/mol. The Morgan fingerprint density at radius 3 is 2.22 bits per heavy atom. The van der Waals surface area contributed by atoms with Crippen molar-refractivity contribution in [3.8, 4) is 5.75 Å². The molecule has 0 fully saturated rings. The molecule has 0 heterocycles. The molecule has 0 aromatic heterocycles. The van der Waals surface area contributed by atoms with Gasteiger partial charge >= 0.3 is 0 Å². The van der Waals surface area contributed by atoms with Crippen molar-refractivity contribution >= 4 is 39.1 Å². The fraction of sp³-hybridized carbons (Fsp3) is 0.257. The lowest BCUT2D eigenvalue weighted by molar-refractivity contribution is -0.140. The van der Waals surface area contributed by atoms with Crippen LogP contribution < -0.4 is 14.4 Å². The van der Waals surface area contributed by atoms with Gasteiger partial charge in [-0.1, -0.05) is 83.9 Å². The van der Waals surface area contributed by atoms with Crippen molar-refractivity contribution in [1.29, 1.82) is 0 Å². The maximum Gasteiger partial charge on any atom is 0.264 e. The molecule has 2 amide bonds. The van der Waals surface area contributed by atoms with Crippen LogP contribution in [0, 0.1) is 13.8 Å². The highest BCUT2D eigenvalue weighted by Gasteiger charge is 2.35. The quantitative estimate of drug-likeness (QED) is 0.194. The normalized spacial score (nSPS) is 11.8. The Morgan fingerprint density at radius 1 is 0.911 bits per heavy atom. The molecule has 0 radical (unpaired) electrons. The van der Waals surface area contributed by atoms with Crippen LogP contribution in [0.5, 0.6) is 5.75 Å². The zero-order valence-electron chi connectivity index (χ0n) is 25.9. The Kier molecular flexibility index (Phi) is 11.3. The highest BCUT2D eigenvalue weighted by Crippen LogP contribution is 2.35. The zero-order valence-corrected chi connectivity index (χ0v) is 27.4. The number of hydrogen-bond donors (Lipinski definition) is 1. The SMILES string of the molecule is CCNC(=O)[C@@H](Cc1ccccc1)N(Cc1ccccc1C)C(=O)CN(c1cc(Cl)ccc1OC)S(=O)(=O)c1ccc(C)cc1. The highest BCUT2D eigenvalue weighted by molar-refractivity contribution is 7.92. The van der Waals surface area contributed by atoms with Gasteiger partial charge in [0.05, 0.1) is 17.7 Å². The minimum atomic E-state index is -4.30. The van der Waals surface area contributed by atoms with E-state index in [2.05, 4.69) is 5.32 Å². The van der Waals surface area contributed by atoms with Crippen molar-refractivity contribution in [2.75, 3.05) is 24.5 Å². The van der Waals surface area contributed by atoms with Crippen LogP contribution in [0.4, 0.5) is 5.69 Å². The summed E-state index contributed by atoms with van der Waals surface area (Å²) in [7, 11) is -2.88. The molecule has 236 valence electrons. The molecular formula is C35H38ClN3O5S. The van der Waals surface area contributed by atoms with E-state index >= 15 is 0 Å². The second-order valence-corrected chi connectivity index (χ2v) is 13.0. The smallest absolute Gasteiger partial charge is 0.264 e. The lowest BCUT2D eigenvalue weighted by Crippen LogP contribution is -2.53. The van der Waals surface area contributed by atoms with Crippen LogP contribution in [0.25, 0.3) is 0 Å². The van der Waals surface area contributed by atoms with E-state index in [0.717, 1.165) is 26.6 Å². The Morgan fingerprint density at radius 2 is 1.58 bits per heavy atom. The Labute approximate surface area is 270 Å². The summed E-state index contributed by atoms with van der Waals surface area (Å²) in [5.74, 6) is -0.683. The lowest BCUT2D eigenvalue weighted by atomic mass is 10.0. The van der Waals surface area contributed by atoms with Crippen LogP contribution in [0.3, 0.4) is 0 Å². The first-order valence-electron chi connectivity index (χ1n) is 14.6. The number of nitrogens with zero attached hydrogens (tertiary/aromatic N) is 2. The van der Waals surface area contributed by atoms with E-state index in [0.29, 0.717) is 6.54 Å². The van der Waals surface area contributed by atoms with Crippen molar-refractivity contribution in [3.05, 3.63) is 124 Å². The fourth-order valence-corrected chi connectivity index (χ4v) is 6.61. The third-order valence-corrected chi connectivity index (χ3v) is 9.53. The Balaban J connectivity index is 1.85. The number of carbonyl (C=O) groups is 2. The first-order chi connectivity index (χ1) is 21.5. The summed E-state index contributed by atoms with van der Waals surface area (Å²) in [6, 6.07) is 27.1. The summed E-state index contributed by atoms with van der Waals surface area (Å²) in [6.45, 7) is 5.45. The van der Waals surface area contributed by atoms with Crippen LogP contribution >= 0.6 is 11.6 Å². The van der Waals surface area contributed by atoms with Crippen LogP contribution in [-0.4, -0.2) is 51.4 Å². The number of hydrogen-bond acceptors (Lipinski definition) is 5. The molecule has 0 spiro atoms. The van der Waals surface area contributed by atoms with Gasteiger partial charge in [-0.25, -0.2) is 8.42 Å². The number of nitrogens with one attached hydrogen (secondary N) is 1. The van der Waals surface area contributed by atoms with Crippen molar-refractivity contribution in [2.45, 2.75) is 44.7 Å². The van der Waals surface area contributed by atoms with Crippen LogP contribution in [0.1, 0.15) is 29.2 Å². The maximum atomic E-state index is 14.6. The summed E-state index contributed by atoms with van der Waals surface area (Å²) >= 11 is 6.35. The number of benzene rings is 4. The molecule has 4 aromatic carbocycles. The zero-order chi connectivity index (χ0) is 32.6. The number of aryl methyl sites for hydroxylation is 2. The van der Waals surface area contributed by atoms with Crippen molar-refractivity contribution in [3.63, 3.8) is 0 Å². The summed E-state index contributed by atoms with van der Waals surface area (Å²) in [5.41, 5.74) is 3.61. The van der Waals surface area contributed by atoms with Gasteiger partial charge in [-0.3, -0.25) is 13.9 Å². The lowest BCUT2D eigenvalue weighted by Gasteiger charge is -2.34. The predicted octanol–water partition coefficient (Wildman–Crippen LogP) is 5.94. The van der Waals surface area contributed by atoms with Gasteiger partial charge in [0.2, 0.25) is 11.8 Å². The largest absolute Gasteiger partial charge is 0.495 e. The molecule has 10 heteroatoms. The topological polar surface area (TPSA) is 96.0 Å². The van der Waals surface area contributed by atoms with Gasteiger partial charge in [0.25, 0.3) is 10.0 Å². The Hall–Kier alpha value is -4.34. The third-order valence-electron chi connectivity index (χ3n) is 7.52. The van der Waals surface area contributed by atoms with E-state index in [9.17, 15) is 18.0 Å². The highest BCUT2D eigenvalue weighted by atomic mass is 35.5. The van der Waals surface area contributed by atoms with Gasteiger partial charge in [-0.05, 0) is 67.8 Å². The van der Waals surface area contributed by atoms with Gasteiger partial charge in [-0.2, -0.15) is 0 Å². The average Bonchev–Trinajstić information content (AvgIpc) is 3.03. The minimum Gasteiger partial charge on any atom is -0.495 e. The number of sulfonamides is 1. The van der Waals surface area contributed by atoms with Gasteiger partial charge in [0, 0.05) is 24.5 Å². The van der Waals surface area contributed by atoms with Crippen molar-refractivity contribution < 1.29 is 22.7 Å². The third kappa shape index (κ3) is 8.23. The monoisotopic (exact) mass is 647 g/mol. The molecule has 0 saturated heterocycles. The summed E-state index contributed by atoms with van der Waals surface area (Å²) in [4.78, 5) is 29.7. The van der Waals surface area contributed by atoms with Crippen molar-refractivity contribution in [2.24, 2.45) is 0 Å². The van der Waals surface area contributed by atoms with E-state index in [4.69, 9.17) is 16.3 Å². The summed E-state index contributed by atoms with van der Waals surface area (Å²) in [6.07, 6.45) is 0.232. The number of amides is 2. The first kappa shape index (κ1) is 33.6. The summed E-state index contributed by atoms with van der Waals surface area (Å²) < 4.78 is 35.1. The van der Waals surface area contributed by atoms with E-state index in [-0.39, 0.29) is 40.2 Å². The number of carbonyl (C=O) groups excluding carboxylic acids is 2. The minimum absolute atomic E-state index is 0.00190. The van der Waals surface area contributed by atoms with Gasteiger partial charge in [0.15, 0.2) is 0 Å². The molecule has 0 aliphatic rings. The number of halogens is 1. The number of rotatable bonds is 13. The molecule has 45 heavy (non-hydrogen) atoms. The van der Waals surface area contributed by atoms with Crippen molar-refractivity contribution in [1.82, 2.24) is 10.2 Å². The standard InChI is InChI=1S/C35H38ClN3O5S/c1-5-37-35(41)32(21-27-12-7-6-8-13-27)38(23-28-14-10-9-11-26(28)3)34(40)24-39(31-22-29(36)17-20-33(31)44-4)45(42,43)30-18-15-25(2)16-19-30/h6-20,22,32H,5,21,23-24H2,1-4H3,(H,37,41)/t32-/m1/s1. The molecule has 4 rings (SSSR count). The molecule has 0 saturated carbocycles. The summed E-state index contributed by atoms with van der Waals surface area (Å²) in [5, 5.41) is 3.14. The molecule has 1 atom stereocenters. The number of methoxy groups -OCH3 is 1. The molecule has 8 nitrogen and oxygen atoms in total. The molecule has 0 unspecified atom stereocenters. The molecule has 0 bridgehead atoms. The fourth-order valence-electron chi connectivity index (χ4n) is 5.03.